The minimum atomic E-state index is -3.41. The van der Waals surface area contributed by atoms with Crippen molar-refractivity contribution in [3.05, 3.63) is 42.5 Å². The molecule has 0 amide bonds. The molecule has 0 unspecified atom stereocenters. The van der Waals surface area contributed by atoms with Crippen LogP contribution in [0.3, 0.4) is 0 Å². The van der Waals surface area contributed by atoms with Gasteiger partial charge in [-0.15, -0.1) is 0 Å². The molecule has 0 radical (unpaired) electrons. The molecule has 0 aliphatic rings. The van der Waals surface area contributed by atoms with Crippen LogP contribution >= 0.6 is 7.60 Å². The van der Waals surface area contributed by atoms with E-state index in [1.807, 2.05) is 72.4 Å². The molecule has 2 rings (SSSR count). The lowest BCUT2D eigenvalue weighted by atomic mass is 10.00. The van der Waals surface area contributed by atoms with Gasteiger partial charge in [0, 0.05) is 50.7 Å². The largest absolute Gasteiger partial charge is 0.377 e. The monoisotopic (exact) mass is 376 g/mol. The van der Waals surface area contributed by atoms with Crippen LogP contribution in [0.5, 0.6) is 0 Å². The zero-order chi connectivity index (χ0) is 19.3. The van der Waals surface area contributed by atoms with Gasteiger partial charge in [0.1, 0.15) is 0 Å². The Morgan fingerprint density at radius 2 is 1.31 bits per heavy atom. The molecule has 0 saturated heterocycles. The third kappa shape index (κ3) is 4.12. The SMILES string of the molecule is CCOP(=O)(OCC)c1ccccc1-c1c(N(C)C)cccc1N(C)C. The van der Waals surface area contributed by atoms with E-state index in [4.69, 9.17) is 9.05 Å². The van der Waals surface area contributed by atoms with Crippen LogP contribution in [-0.2, 0) is 13.6 Å². The van der Waals surface area contributed by atoms with Gasteiger partial charge in [-0.2, -0.15) is 0 Å². The van der Waals surface area contributed by atoms with Crippen LogP contribution in [-0.4, -0.2) is 41.4 Å². The van der Waals surface area contributed by atoms with Gasteiger partial charge in [0.2, 0.25) is 0 Å². The summed E-state index contributed by atoms with van der Waals surface area (Å²) >= 11 is 0. The normalized spacial score (nSPS) is 11.5. The van der Waals surface area contributed by atoms with Crippen LogP contribution < -0.4 is 15.1 Å². The summed E-state index contributed by atoms with van der Waals surface area (Å²) in [6, 6.07) is 13.8. The highest BCUT2D eigenvalue weighted by Crippen LogP contribution is 2.51. The summed E-state index contributed by atoms with van der Waals surface area (Å²) in [5.74, 6) is 0. The Morgan fingerprint density at radius 1 is 0.808 bits per heavy atom. The number of anilines is 2. The topological polar surface area (TPSA) is 42.0 Å². The van der Waals surface area contributed by atoms with Crippen molar-refractivity contribution in [3.8, 4) is 11.1 Å². The molecule has 0 atom stereocenters. The van der Waals surface area contributed by atoms with Crippen molar-refractivity contribution in [2.24, 2.45) is 0 Å². The molecule has 0 aromatic heterocycles. The van der Waals surface area contributed by atoms with Crippen molar-refractivity contribution < 1.29 is 13.6 Å². The lowest BCUT2D eigenvalue weighted by Gasteiger charge is -2.27. The van der Waals surface area contributed by atoms with E-state index in [-0.39, 0.29) is 0 Å². The first-order chi connectivity index (χ1) is 12.4. The fourth-order valence-electron chi connectivity index (χ4n) is 2.99. The van der Waals surface area contributed by atoms with E-state index in [9.17, 15) is 4.57 Å². The Bertz CT molecular complexity index is 754. The van der Waals surface area contributed by atoms with Crippen LogP contribution in [0.4, 0.5) is 11.4 Å². The molecule has 0 saturated carbocycles. The van der Waals surface area contributed by atoms with Crippen molar-refractivity contribution in [3.63, 3.8) is 0 Å². The molecule has 0 bridgehead atoms. The lowest BCUT2D eigenvalue weighted by Crippen LogP contribution is -2.19. The summed E-state index contributed by atoms with van der Waals surface area (Å²) in [6.07, 6.45) is 0. The number of benzene rings is 2. The molecule has 2 aromatic rings. The Morgan fingerprint density at radius 3 is 1.77 bits per heavy atom. The molecule has 0 heterocycles. The van der Waals surface area contributed by atoms with E-state index in [1.54, 1.807) is 0 Å². The lowest BCUT2D eigenvalue weighted by molar-refractivity contribution is 0.230. The van der Waals surface area contributed by atoms with Gasteiger partial charge in [0.25, 0.3) is 0 Å². The Kier molecular flexibility index (Phi) is 6.87. The van der Waals surface area contributed by atoms with Gasteiger partial charge in [0.05, 0.1) is 18.5 Å². The smallest absolute Gasteiger partial charge is 0.361 e. The van der Waals surface area contributed by atoms with E-state index >= 15 is 0 Å². The van der Waals surface area contributed by atoms with Crippen LogP contribution in [0.25, 0.3) is 11.1 Å². The molecule has 2 aromatic carbocycles. The molecule has 6 heteroatoms. The van der Waals surface area contributed by atoms with E-state index in [1.165, 1.54) is 0 Å². The maximum absolute atomic E-state index is 13.5. The average molecular weight is 376 g/mol. The van der Waals surface area contributed by atoms with E-state index in [0.29, 0.717) is 18.5 Å². The number of rotatable bonds is 8. The van der Waals surface area contributed by atoms with Gasteiger partial charge in [-0.05, 0) is 32.0 Å². The van der Waals surface area contributed by atoms with Crippen LogP contribution in [0.15, 0.2) is 42.5 Å². The van der Waals surface area contributed by atoms with Gasteiger partial charge in [-0.3, -0.25) is 4.57 Å². The van der Waals surface area contributed by atoms with Crippen molar-refractivity contribution in [2.45, 2.75) is 13.8 Å². The maximum atomic E-state index is 13.5. The molecule has 0 N–H and O–H groups in total. The first kappa shape index (κ1) is 20.5. The Hall–Kier alpha value is -1.81. The number of hydrogen-bond donors (Lipinski definition) is 0. The first-order valence-electron chi connectivity index (χ1n) is 8.82. The highest BCUT2D eigenvalue weighted by Gasteiger charge is 2.31. The van der Waals surface area contributed by atoms with E-state index in [2.05, 4.69) is 21.9 Å². The van der Waals surface area contributed by atoms with Crippen LogP contribution in [0.2, 0.25) is 0 Å². The molecule has 0 spiro atoms. The van der Waals surface area contributed by atoms with Crippen LogP contribution in [0.1, 0.15) is 13.8 Å². The zero-order valence-electron chi connectivity index (χ0n) is 16.5. The number of nitrogens with zero attached hydrogens (tertiary/aromatic N) is 2. The summed E-state index contributed by atoms with van der Waals surface area (Å²) < 4.78 is 24.7. The predicted octanol–water partition coefficient (Wildman–Crippen LogP) is 4.38. The molecule has 0 fully saturated rings. The molecular formula is C20H29N2O3P. The first-order valence-corrected chi connectivity index (χ1v) is 10.4. The van der Waals surface area contributed by atoms with Gasteiger partial charge in [-0.1, -0.05) is 24.3 Å². The molecule has 0 aliphatic heterocycles. The highest BCUT2D eigenvalue weighted by molar-refractivity contribution is 7.62. The van der Waals surface area contributed by atoms with Crippen molar-refractivity contribution in [2.75, 3.05) is 51.2 Å². The maximum Gasteiger partial charge on any atom is 0.361 e. The van der Waals surface area contributed by atoms with Crippen molar-refractivity contribution >= 4 is 24.3 Å². The minimum absolute atomic E-state index is 0.321. The quantitative estimate of drug-likeness (QED) is 0.640. The average Bonchev–Trinajstić information content (AvgIpc) is 2.61. The predicted molar refractivity (Wildman–Crippen MR) is 111 cm³/mol. The van der Waals surface area contributed by atoms with Crippen LogP contribution in [0, 0.1) is 0 Å². The second-order valence-corrected chi connectivity index (χ2v) is 8.30. The molecule has 5 nitrogen and oxygen atoms in total. The highest BCUT2D eigenvalue weighted by atomic mass is 31.2. The number of hydrogen-bond acceptors (Lipinski definition) is 5. The fourth-order valence-corrected chi connectivity index (χ4v) is 4.77. The third-order valence-electron chi connectivity index (χ3n) is 4.05. The third-order valence-corrected chi connectivity index (χ3v) is 6.23. The van der Waals surface area contributed by atoms with Crippen molar-refractivity contribution in [1.82, 2.24) is 0 Å². The summed E-state index contributed by atoms with van der Waals surface area (Å²) in [5, 5.41) is 0.598. The molecular weight excluding hydrogens is 347 g/mol. The second kappa shape index (κ2) is 8.72. The Labute approximate surface area is 157 Å². The summed E-state index contributed by atoms with van der Waals surface area (Å²) in [4.78, 5) is 4.12. The van der Waals surface area contributed by atoms with E-state index < -0.39 is 7.60 Å². The zero-order valence-corrected chi connectivity index (χ0v) is 17.4. The van der Waals surface area contributed by atoms with E-state index in [0.717, 1.165) is 22.5 Å². The van der Waals surface area contributed by atoms with Gasteiger partial charge >= 0.3 is 7.60 Å². The van der Waals surface area contributed by atoms with Gasteiger partial charge in [0.15, 0.2) is 0 Å². The molecule has 26 heavy (non-hydrogen) atoms. The second-order valence-electron chi connectivity index (χ2n) is 6.31. The van der Waals surface area contributed by atoms with Crippen molar-refractivity contribution in [1.29, 1.82) is 0 Å². The minimum Gasteiger partial charge on any atom is -0.377 e. The molecule has 142 valence electrons. The molecule has 0 aliphatic carbocycles. The summed E-state index contributed by atoms with van der Waals surface area (Å²) in [7, 11) is 4.61. The summed E-state index contributed by atoms with van der Waals surface area (Å²) in [6.45, 7) is 4.30. The fraction of sp³-hybridized carbons (Fsp3) is 0.400. The standard InChI is InChI=1S/C20H29N2O3P/c1-7-24-26(23,25-8-2)19-15-10-9-12-16(19)20-17(21(3)4)13-11-14-18(20)22(5)6/h9-15H,7-8H2,1-6H3. The van der Waals surface area contributed by atoms with Gasteiger partial charge < -0.3 is 18.8 Å². The summed E-state index contributed by atoms with van der Waals surface area (Å²) in [5.41, 5.74) is 3.97. The van der Waals surface area contributed by atoms with Gasteiger partial charge in [-0.25, -0.2) is 0 Å². The Balaban J connectivity index is 2.81.